The molecule has 0 unspecified atom stereocenters. The number of rotatable bonds is 1. The first-order valence-corrected chi connectivity index (χ1v) is 7.45. The average Bonchev–Trinajstić information content (AvgIpc) is 3.06. The highest BCUT2D eigenvalue weighted by molar-refractivity contribution is 6.21. The zero-order valence-electron chi connectivity index (χ0n) is 11.7. The number of imide groups is 1. The molecular formula is C16H17NO4. The van der Waals surface area contributed by atoms with Crippen molar-refractivity contribution in [3.8, 4) is 0 Å². The Morgan fingerprint density at radius 2 is 1.48 bits per heavy atom. The molecule has 3 aliphatic rings. The molecule has 5 heteroatoms. The van der Waals surface area contributed by atoms with Crippen LogP contribution in [0, 0.1) is 0 Å². The molecule has 2 amide bonds. The van der Waals surface area contributed by atoms with E-state index >= 15 is 0 Å². The lowest BCUT2D eigenvalue weighted by molar-refractivity contribution is -0.181. The summed E-state index contributed by atoms with van der Waals surface area (Å²) in [5.74, 6) is -0.788. The van der Waals surface area contributed by atoms with Crippen LogP contribution in [-0.4, -0.2) is 41.8 Å². The number of nitrogens with zero attached hydrogens (tertiary/aromatic N) is 1. The number of hydrogen-bond acceptors (Lipinski definition) is 4. The fourth-order valence-corrected chi connectivity index (χ4v) is 3.63. The lowest BCUT2D eigenvalue weighted by atomic mass is 9.89. The zero-order chi connectivity index (χ0) is 14.4. The molecule has 21 heavy (non-hydrogen) atoms. The molecule has 0 atom stereocenters. The van der Waals surface area contributed by atoms with Crippen molar-refractivity contribution < 1.29 is 19.1 Å². The molecule has 1 spiro atoms. The summed E-state index contributed by atoms with van der Waals surface area (Å²) in [5, 5.41) is 0. The molecule has 1 aromatic carbocycles. The van der Waals surface area contributed by atoms with Crippen LogP contribution >= 0.6 is 0 Å². The second kappa shape index (κ2) is 4.64. The molecule has 2 fully saturated rings. The monoisotopic (exact) mass is 287 g/mol. The quantitative estimate of drug-likeness (QED) is 0.741. The smallest absolute Gasteiger partial charge is 0.261 e. The highest BCUT2D eigenvalue weighted by Gasteiger charge is 2.46. The standard InChI is InChI=1S/C16H17NO4/c18-14-12-3-1-2-4-13(12)15(19)17(14)11-5-7-16(8-6-11)20-9-10-21-16/h1-4,11H,5-10H2. The third kappa shape index (κ3) is 1.92. The first kappa shape index (κ1) is 13.0. The molecule has 1 aromatic rings. The molecule has 1 saturated heterocycles. The summed E-state index contributed by atoms with van der Waals surface area (Å²) in [7, 11) is 0. The number of ether oxygens (including phenoxy) is 2. The Bertz CT molecular complexity index is 561. The lowest BCUT2D eigenvalue weighted by Crippen LogP contribution is -2.46. The van der Waals surface area contributed by atoms with Crippen LogP contribution in [0.1, 0.15) is 46.4 Å². The maximum atomic E-state index is 12.5. The number of carbonyl (C=O) groups is 2. The van der Waals surface area contributed by atoms with Crippen LogP contribution in [0.2, 0.25) is 0 Å². The third-order valence-electron chi connectivity index (χ3n) is 4.72. The molecular weight excluding hydrogens is 270 g/mol. The van der Waals surface area contributed by atoms with Gasteiger partial charge in [-0.05, 0) is 25.0 Å². The van der Waals surface area contributed by atoms with Gasteiger partial charge in [0.1, 0.15) is 0 Å². The van der Waals surface area contributed by atoms with Gasteiger partial charge in [-0.15, -0.1) is 0 Å². The van der Waals surface area contributed by atoms with Gasteiger partial charge in [0.2, 0.25) is 0 Å². The van der Waals surface area contributed by atoms with Crippen molar-refractivity contribution in [2.24, 2.45) is 0 Å². The van der Waals surface area contributed by atoms with Gasteiger partial charge >= 0.3 is 0 Å². The summed E-state index contributed by atoms with van der Waals surface area (Å²) in [4.78, 5) is 26.4. The number of hydrogen-bond donors (Lipinski definition) is 0. The van der Waals surface area contributed by atoms with E-state index in [1.165, 1.54) is 4.90 Å². The van der Waals surface area contributed by atoms with E-state index in [2.05, 4.69) is 0 Å². The lowest BCUT2D eigenvalue weighted by Gasteiger charge is -2.38. The van der Waals surface area contributed by atoms with Crippen LogP contribution in [-0.2, 0) is 9.47 Å². The van der Waals surface area contributed by atoms with E-state index in [-0.39, 0.29) is 17.9 Å². The van der Waals surface area contributed by atoms with E-state index in [9.17, 15) is 9.59 Å². The molecule has 5 nitrogen and oxygen atoms in total. The predicted octanol–water partition coefficient (Wildman–Crippen LogP) is 1.97. The van der Waals surface area contributed by atoms with Gasteiger partial charge in [-0.3, -0.25) is 14.5 Å². The predicted molar refractivity (Wildman–Crippen MR) is 73.8 cm³/mol. The highest BCUT2D eigenvalue weighted by Crippen LogP contribution is 2.39. The Hall–Kier alpha value is -1.72. The van der Waals surface area contributed by atoms with Crippen molar-refractivity contribution >= 4 is 11.8 Å². The van der Waals surface area contributed by atoms with Crippen molar-refractivity contribution in [3.05, 3.63) is 35.4 Å². The molecule has 2 aliphatic heterocycles. The van der Waals surface area contributed by atoms with E-state index < -0.39 is 5.79 Å². The van der Waals surface area contributed by atoms with E-state index in [4.69, 9.17) is 9.47 Å². The van der Waals surface area contributed by atoms with Gasteiger partial charge in [-0.25, -0.2) is 0 Å². The number of amides is 2. The van der Waals surface area contributed by atoms with E-state index in [1.807, 2.05) is 0 Å². The van der Waals surface area contributed by atoms with Crippen LogP contribution < -0.4 is 0 Å². The second-order valence-corrected chi connectivity index (χ2v) is 5.86. The van der Waals surface area contributed by atoms with Gasteiger partial charge in [-0.1, -0.05) is 12.1 Å². The maximum absolute atomic E-state index is 12.5. The van der Waals surface area contributed by atoms with Crippen LogP contribution in [0.3, 0.4) is 0 Å². The molecule has 1 aliphatic carbocycles. The summed E-state index contributed by atoms with van der Waals surface area (Å²) in [6, 6.07) is 7.00. The van der Waals surface area contributed by atoms with Crippen molar-refractivity contribution in [1.82, 2.24) is 4.90 Å². The van der Waals surface area contributed by atoms with Crippen molar-refractivity contribution in [2.45, 2.75) is 37.5 Å². The average molecular weight is 287 g/mol. The van der Waals surface area contributed by atoms with Crippen LogP contribution in [0.25, 0.3) is 0 Å². The minimum atomic E-state index is -0.463. The Morgan fingerprint density at radius 1 is 0.952 bits per heavy atom. The molecule has 4 rings (SSSR count). The Morgan fingerprint density at radius 3 is 2.00 bits per heavy atom. The molecule has 2 heterocycles. The fraction of sp³-hybridized carbons (Fsp3) is 0.500. The second-order valence-electron chi connectivity index (χ2n) is 5.86. The van der Waals surface area contributed by atoms with Crippen LogP contribution in [0.15, 0.2) is 24.3 Å². The summed E-state index contributed by atoms with van der Waals surface area (Å²) in [5.41, 5.74) is 1.05. The number of fused-ring (bicyclic) bond motifs is 1. The Kier molecular flexibility index (Phi) is 2.87. The number of carbonyl (C=O) groups excluding carboxylic acids is 2. The van der Waals surface area contributed by atoms with Crippen molar-refractivity contribution in [3.63, 3.8) is 0 Å². The fourth-order valence-electron chi connectivity index (χ4n) is 3.63. The third-order valence-corrected chi connectivity index (χ3v) is 4.72. The van der Waals surface area contributed by atoms with Gasteiger partial charge in [0.25, 0.3) is 11.8 Å². The van der Waals surface area contributed by atoms with E-state index in [0.717, 1.165) is 25.7 Å². The van der Waals surface area contributed by atoms with Crippen molar-refractivity contribution in [1.29, 1.82) is 0 Å². The maximum Gasteiger partial charge on any atom is 0.261 e. The molecule has 0 aromatic heterocycles. The van der Waals surface area contributed by atoms with Gasteiger partial charge in [0, 0.05) is 18.9 Å². The summed E-state index contributed by atoms with van der Waals surface area (Å²) >= 11 is 0. The normalized spacial score (nSPS) is 24.9. The van der Waals surface area contributed by atoms with E-state index in [0.29, 0.717) is 24.3 Å². The van der Waals surface area contributed by atoms with Crippen molar-refractivity contribution in [2.75, 3.05) is 13.2 Å². The van der Waals surface area contributed by atoms with Gasteiger partial charge < -0.3 is 9.47 Å². The first-order valence-electron chi connectivity index (χ1n) is 7.45. The zero-order valence-corrected chi connectivity index (χ0v) is 11.7. The molecule has 110 valence electrons. The largest absolute Gasteiger partial charge is 0.348 e. The summed E-state index contributed by atoms with van der Waals surface area (Å²) in [6.45, 7) is 1.27. The van der Waals surface area contributed by atoms with Gasteiger partial charge in [-0.2, -0.15) is 0 Å². The van der Waals surface area contributed by atoms with Gasteiger partial charge in [0.15, 0.2) is 5.79 Å². The minimum absolute atomic E-state index is 0.0455. The van der Waals surface area contributed by atoms with Gasteiger partial charge in [0.05, 0.1) is 24.3 Å². The Labute approximate surface area is 122 Å². The summed E-state index contributed by atoms with van der Waals surface area (Å²) in [6.07, 6.45) is 2.97. The van der Waals surface area contributed by atoms with Crippen LogP contribution in [0.4, 0.5) is 0 Å². The highest BCUT2D eigenvalue weighted by atomic mass is 16.7. The minimum Gasteiger partial charge on any atom is -0.348 e. The Balaban J connectivity index is 1.54. The molecule has 1 saturated carbocycles. The molecule has 0 bridgehead atoms. The number of benzene rings is 1. The first-order chi connectivity index (χ1) is 10.2. The summed E-state index contributed by atoms with van der Waals surface area (Å²) < 4.78 is 11.4. The molecule has 0 radical (unpaired) electrons. The molecule has 0 N–H and O–H groups in total. The topological polar surface area (TPSA) is 55.8 Å². The van der Waals surface area contributed by atoms with Crippen LogP contribution in [0.5, 0.6) is 0 Å². The SMILES string of the molecule is O=C1c2ccccc2C(=O)N1C1CCC2(CC1)OCCO2. The van der Waals surface area contributed by atoms with E-state index in [1.54, 1.807) is 24.3 Å².